The van der Waals surface area contributed by atoms with Crippen LogP contribution < -0.4 is 10.6 Å². The first-order valence-corrected chi connectivity index (χ1v) is 9.95. The summed E-state index contributed by atoms with van der Waals surface area (Å²) in [7, 11) is 0. The molecule has 6 heteroatoms. The van der Waals surface area contributed by atoms with Gasteiger partial charge in [-0.25, -0.2) is 4.39 Å². The van der Waals surface area contributed by atoms with E-state index in [1.54, 1.807) is 30.3 Å². The second-order valence-electron chi connectivity index (χ2n) is 6.55. The van der Waals surface area contributed by atoms with Gasteiger partial charge >= 0.3 is 0 Å². The Morgan fingerprint density at radius 3 is 2.31 bits per heavy atom. The normalized spacial score (nSPS) is 11.6. The van der Waals surface area contributed by atoms with Gasteiger partial charge in [0.05, 0.1) is 11.7 Å². The predicted molar refractivity (Wildman–Crippen MR) is 114 cm³/mol. The van der Waals surface area contributed by atoms with E-state index in [0.717, 1.165) is 15.4 Å². The first-order chi connectivity index (χ1) is 13.9. The Morgan fingerprint density at radius 2 is 1.66 bits per heavy atom. The van der Waals surface area contributed by atoms with Crippen LogP contribution in [0.15, 0.2) is 82.6 Å². The Kier molecular flexibility index (Phi) is 6.67. The molecule has 2 amide bonds. The monoisotopic (exact) mass is 408 g/mol. The van der Waals surface area contributed by atoms with E-state index in [1.165, 1.54) is 30.8 Å². The van der Waals surface area contributed by atoms with Crippen LogP contribution in [0.5, 0.6) is 0 Å². The minimum absolute atomic E-state index is 0.152. The van der Waals surface area contributed by atoms with Crippen LogP contribution in [-0.2, 0) is 4.79 Å². The number of carbonyl (C=O) groups excluding carboxylic acids is 2. The van der Waals surface area contributed by atoms with Gasteiger partial charge in [0, 0.05) is 22.3 Å². The largest absolute Gasteiger partial charge is 0.346 e. The van der Waals surface area contributed by atoms with Gasteiger partial charge in [-0.2, -0.15) is 0 Å². The first-order valence-electron chi connectivity index (χ1n) is 9.13. The summed E-state index contributed by atoms with van der Waals surface area (Å²) in [5, 5.41) is 5.74. The summed E-state index contributed by atoms with van der Waals surface area (Å²) >= 11 is 1.38. The predicted octanol–water partition coefficient (Wildman–Crippen LogP) is 5.43. The van der Waals surface area contributed by atoms with Crippen LogP contribution in [-0.4, -0.2) is 11.8 Å². The fourth-order valence-corrected chi connectivity index (χ4v) is 3.66. The van der Waals surface area contributed by atoms with Crippen LogP contribution >= 0.6 is 11.8 Å². The molecule has 148 valence electrons. The highest BCUT2D eigenvalue weighted by atomic mass is 32.2. The van der Waals surface area contributed by atoms with Crippen LogP contribution in [0.25, 0.3) is 0 Å². The third-order valence-electron chi connectivity index (χ3n) is 4.24. The number of hydrogen-bond donors (Lipinski definition) is 2. The van der Waals surface area contributed by atoms with Crippen molar-refractivity contribution in [3.63, 3.8) is 0 Å². The molecule has 0 saturated carbocycles. The van der Waals surface area contributed by atoms with Gasteiger partial charge in [-0.3, -0.25) is 9.59 Å². The van der Waals surface area contributed by atoms with Gasteiger partial charge in [0.25, 0.3) is 5.91 Å². The smallest absolute Gasteiger partial charge is 0.251 e. The number of hydrogen-bond acceptors (Lipinski definition) is 3. The molecule has 0 unspecified atom stereocenters. The van der Waals surface area contributed by atoms with Crippen molar-refractivity contribution in [2.24, 2.45) is 0 Å². The maximum atomic E-state index is 13.1. The molecule has 0 fully saturated rings. The molecule has 29 heavy (non-hydrogen) atoms. The van der Waals surface area contributed by atoms with Crippen molar-refractivity contribution in [1.82, 2.24) is 5.32 Å². The Labute approximate surface area is 173 Å². The maximum absolute atomic E-state index is 13.1. The summed E-state index contributed by atoms with van der Waals surface area (Å²) in [4.78, 5) is 25.9. The molecule has 0 bridgehead atoms. The number of amides is 2. The van der Waals surface area contributed by atoms with Crippen molar-refractivity contribution >= 4 is 29.3 Å². The van der Waals surface area contributed by atoms with Gasteiger partial charge in [0.1, 0.15) is 5.82 Å². The van der Waals surface area contributed by atoms with E-state index in [-0.39, 0.29) is 23.7 Å². The van der Waals surface area contributed by atoms with Crippen LogP contribution in [0.2, 0.25) is 0 Å². The lowest BCUT2D eigenvalue weighted by atomic mass is 10.1. The number of benzene rings is 3. The third kappa shape index (κ3) is 5.68. The topological polar surface area (TPSA) is 58.2 Å². The van der Waals surface area contributed by atoms with Crippen molar-refractivity contribution in [1.29, 1.82) is 0 Å². The molecule has 1 atom stereocenters. The molecule has 0 heterocycles. The zero-order chi connectivity index (χ0) is 20.8. The molecule has 0 aliphatic heterocycles. The molecular formula is C23H21FN2O2S. The van der Waals surface area contributed by atoms with Crippen LogP contribution in [0.4, 0.5) is 10.1 Å². The Hall–Kier alpha value is -3.12. The van der Waals surface area contributed by atoms with Crippen LogP contribution in [0.1, 0.15) is 35.8 Å². The number of halogens is 1. The van der Waals surface area contributed by atoms with Gasteiger partial charge in [0.15, 0.2) is 0 Å². The summed E-state index contributed by atoms with van der Waals surface area (Å²) < 4.78 is 13.1. The van der Waals surface area contributed by atoms with Gasteiger partial charge in [-0.1, -0.05) is 42.1 Å². The highest BCUT2D eigenvalue weighted by Gasteiger charge is 2.14. The summed E-state index contributed by atoms with van der Waals surface area (Å²) in [6.45, 7) is 3.33. The fourth-order valence-electron chi connectivity index (χ4n) is 2.78. The van der Waals surface area contributed by atoms with Crippen molar-refractivity contribution in [2.45, 2.75) is 29.7 Å². The van der Waals surface area contributed by atoms with Crippen molar-refractivity contribution in [3.05, 3.63) is 89.7 Å². The standard InChI is InChI=1S/C23H21FN2O2S/c1-15(17-6-4-3-5-7-17)25-23(28)18-8-13-22(21(14-18)26-16(2)27)29-20-11-9-19(24)10-12-20/h3-15H,1-2H3,(H,25,28)(H,26,27)/t15-/m0/s1. The highest BCUT2D eigenvalue weighted by Crippen LogP contribution is 2.34. The zero-order valence-corrected chi connectivity index (χ0v) is 16.9. The zero-order valence-electron chi connectivity index (χ0n) is 16.1. The molecule has 0 aliphatic carbocycles. The molecule has 3 aromatic carbocycles. The van der Waals surface area contributed by atoms with E-state index in [2.05, 4.69) is 10.6 Å². The molecular weight excluding hydrogens is 387 g/mol. The molecule has 0 saturated heterocycles. The van der Waals surface area contributed by atoms with Crippen molar-refractivity contribution in [3.8, 4) is 0 Å². The van der Waals surface area contributed by atoms with E-state index in [9.17, 15) is 14.0 Å². The molecule has 2 N–H and O–H groups in total. The van der Waals surface area contributed by atoms with Gasteiger partial charge in [-0.15, -0.1) is 0 Å². The van der Waals surface area contributed by atoms with Crippen molar-refractivity contribution in [2.75, 3.05) is 5.32 Å². The number of rotatable bonds is 6. The molecule has 0 aliphatic rings. The van der Waals surface area contributed by atoms with E-state index in [1.807, 2.05) is 37.3 Å². The highest BCUT2D eigenvalue weighted by molar-refractivity contribution is 7.99. The number of carbonyl (C=O) groups is 2. The lowest BCUT2D eigenvalue weighted by Gasteiger charge is -2.16. The van der Waals surface area contributed by atoms with E-state index in [4.69, 9.17) is 0 Å². The van der Waals surface area contributed by atoms with E-state index >= 15 is 0 Å². The van der Waals surface area contributed by atoms with Crippen LogP contribution in [0, 0.1) is 5.82 Å². The summed E-state index contributed by atoms with van der Waals surface area (Å²) in [5.41, 5.74) is 1.98. The third-order valence-corrected chi connectivity index (χ3v) is 5.32. The molecule has 3 aromatic rings. The summed E-state index contributed by atoms with van der Waals surface area (Å²) in [6.07, 6.45) is 0. The fraction of sp³-hybridized carbons (Fsp3) is 0.130. The lowest BCUT2D eigenvalue weighted by molar-refractivity contribution is -0.114. The number of anilines is 1. The quantitative estimate of drug-likeness (QED) is 0.572. The molecule has 4 nitrogen and oxygen atoms in total. The molecule has 0 spiro atoms. The maximum Gasteiger partial charge on any atom is 0.251 e. The second kappa shape index (κ2) is 9.39. The molecule has 3 rings (SSSR count). The summed E-state index contributed by atoms with van der Waals surface area (Å²) in [6, 6.07) is 20.8. The van der Waals surface area contributed by atoms with Crippen LogP contribution in [0.3, 0.4) is 0 Å². The molecule has 0 radical (unpaired) electrons. The second-order valence-corrected chi connectivity index (χ2v) is 7.67. The lowest BCUT2D eigenvalue weighted by Crippen LogP contribution is -2.26. The molecule has 0 aromatic heterocycles. The Bertz CT molecular complexity index is 1010. The van der Waals surface area contributed by atoms with Gasteiger partial charge in [-0.05, 0) is 55.0 Å². The Balaban J connectivity index is 1.81. The first kappa shape index (κ1) is 20.6. The van der Waals surface area contributed by atoms with Crippen molar-refractivity contribution < 1.29 is 14.0 Å². The van der Waals surface area contributed by atoms with Gasteiger partial charge in [0.2, 0.25) is 5.91 Å². The van der Waals surface area contributed by atoms with E-state index in [0.29, 0.717) is 11.3 Å². The van der Waals surface area contributed by atoms with E-state index < -0.39 is 0 Å². The van der Waals surface area contributed by atoms with Gasteiger partial charge < -0.3 is 10.6 Å². The minimum Gasteiger partial charge on any atom is -0.346 e. The minimum atomic E-state index is -0.309. The Morgan fingerprint density at radius 1 is 0.966 bits per heavy atom. The SMILES string of the molecule is CC(=O)Nc1cc(C(=O)N[C@@H](C)c2ccccc2)ccc1Sc1ccc(F)cc1. The average molecular weight is 408 g/mol. The summed E-state index contributed by atoms with van der Waals surface area (Å²) in [5.74, 6) is -0.775. The average Bonchev–Trinajstić information content (AvgIpc) is 2.71. The number of nitrogens with one attached hydrogen (secondary N) is 2.